The zero-order chi connectivity index (χ0) is 14.0. The first-order valence-corrected chi connectivity index (χ1v) is 7.45. The summed E-state index contributed by atoms with van der Waals surface area (Å²) in [5, 5.41) is 0. The Kier molecular flexibility index (Phi) is 6.05. The maximum absolute atomic E-state index is 12.3. The van der Waals surface area contributed by atoms with Crippen LogP contribution in [0.15, 0.2) is 28.7 Å². The van der Waals surface area contributed by atoms with Crippen LogP contribution in [0.2, 0.25) is 0 Å². The highest BCUT2D eigenvalue weighted by atomic mass is 79.9. The van der Waals surface area contributed by atoms with Crippen molar-refractivity contribution in [3.8, 4) is 0 Å². The number of amides is 1. The molecule has 1 saturated heterocycles. The van der Waals surface area contributed by atoms with Crippen LogP contribution in [0, 0.1) is 5.41 Å². The molecule has 0 aromatic heterocycles. The van der Waals surface area contributed by atoms with E-state index in [1.807, 2.05) is 29.2 Å². The molecular formula is C15H22BrClN2O. The van der Waals surface area contributed by atoms with E-state index in [-0.39, 0.29) is 29.8 Å². The summed E-state index contributed by atoms with van der Waals surface area (Å²) in [6.07, 6.45) is 1.36. The van der Waals surface area contributed by atoms with Gasteiger partial charge in [0.15, 0.2) is 0 Å². The molecule has 3 nitrogen and oxygen atoms in total. The summed E-state index contributed by atoms with van der Waals surface area (Å²) in [6.45, 7) is 5.80. The number of carbonyl (C=O) groups excluding carboxylic acids is 1. The highest BCUT2D eigenvalue weighted by Gasteiger charge is 2.35. The predicted octanol–water partition coefficient (Wildman–Crippen LogP) is 3.00. The van der Waals surface area contributed by atoms with Crippen LogP contribution in [0.25, 0.3) is 0 Å². The van der Waals surface area contributed by atoms with Crippen LogP contribution in [0.5, 0.6) is 0 Å². The normalized spacial score (nSPS) is 21.2. The van der Waals surface area contributed by atoms with Crippen molar-refractivity contribution in [3.05, 3.63) is 34.3 Å². The lowest BCUT2D eigenvalue weighted by molar-refractivity contribution is -0.133. The molecule has 0 radical (unpaired) electrons. The first-order chi connectivity index (χ1) is 8.88. The predicted molar refractivity (Wildman–Crippen MR) is 88.0 cm³/mol. The molecular weight excluding hydrogens is 340 g/mol. The Morgan fingerprint density at radius 3 is 2.55 bits per heavy atom. The van der Waals surface area contributed by atoms with Gasteiger partial charge < -0.3 is 10.6 Å². The van der Waals surface area contributed by atoms with E-state index >= 15 is 0 Å². The van der Waals surface area contributed by atoms with Crippen molar-refractivity contribution in [1.82, 2.24) is 4.90 Å². The molecule has 1 amide bonds. The Labute approximate surface area is 135 Å². The summed E-state index contributed by atoms with van der Waals surface area (Å²) < 4.78 is 1.04. The van der Waals surface area contributed by atoms with Crippen molar-refractivity contribution in [2.45, 2.75) is 32.7 Å². The monoisotopic (exact) mass is 360 g/mol. The van der Waals surface area contributed by atoms with Gasteiger partial charge >= 0.3 is 0 Å². The van der Waals surface area contributed by atoms with Crippen molar-refractivity contribution in [2.24, 2.45) is 11.1 Å². The SMILES string of the molecule is CC1(C)CN(C(=O)Cc2ccc(Br)cc2)CCC1N.Cl. The summed E-state index contributed by atoms with van der Waals surface area (Å²) in [7, 11) is 0. The van der Waals surface area contributed by atoms with Crippen molar-refractivity contribution < 1.29 is 4.79 Å². The fraction of sp³-hybridized carbons (Fsp3) is 0.533. The standard InChI is InChI=1S/C15H21BrN2O.ClH/c1-15(2)10-18(8-7-13(15)17)14(19)9-11-3-5-12(16)6-4-11;/h3-6,13H,7-10,17H2,1-2H3;1H. The molecule has 1 aromatic carbocycles. The lowest BCUT2D eigenvalue weighted by atomic mass is 9.79. The number of nitrogens with two attached hydrogens (primary N) is 1. The van der Waals surface area contributed by atoms with Crippen LogP contribution in [0.3, 0.4) is 0 Å². The lowest BCUT2D eigenvalue weighted by Crippen LogP contribution is -2.54. The largest absolute Gasteiger partial charge is 0.342 e. The second-order valence-electron chi connectivity index (χ2n) is 6.00. The summed E-state index contributed by atoms with van der Waals surface area (Å²) >= 11 is 3.40. The summed E-state index contributed by atoms with van der Waals surface area (Å²) in [6, 6.07) is 8.10. The average molecular weight is 362 g/mol. The van der Waals surface area contributed by atoms with Gasteiger partial charge in [-0.2, -0.15) is 0 Å². The number of halogens is 2. The third kappa shape index (κ3) is 4.21. The number of piperidine rings is 1. The van der Waals surface area contributed by atoms with E-state index in [9.17, 15) is 4.79 Å². The van der Waals surface area contributed by atoms with Gasteiger partial charge in [0.25, 0.3) is 0 Å². The number of carbonyl (C=O) groups is 1. The van der Waals surface area contributed by atoms with Gasteiger partial charge in [0, 0.05) is 23.6 Å². The fourth-order valence-electron chi connectivity index (χ4n) is 2.48. The molecule has 1 unspecified atom stereocenters. The average Bonchev–Trinajstić information content (AvgIpc) is 2.35. The summed E-state index contributed by atoms with van der Waals surface area (Å²) in [5.41, 5.74) is 7.16. The number of likely N-dealkylation sites (tertiary alicyclic amines) is 1. The van der Waals surface area contributed by atoms with Crippen molar-refractivity contribution in [1.29, 1.82) is 0 Å². The highest BCUT2D eigenvalue weighted by Crippen LogP contribution is 2.28. The molecule has 0 spiro atoms. The quantitative estimate of drug-likeness (QED) is 0.880. The highest BCUT2D eigenvalue weighted by molar-refractivity contribution is 9.10. The van der Waals surface area contributed by atoms with Crippen molar-refractivity contribution in [2.75, 3.05) is 13.1 Å². The molecule has 2 N–H and O–H groups in total. The molecule has 2 rings (SSSR count). The molecule has 5 heteroatoms. The fourth-order valence-corrected chi connectivity index (χ4v) is 2.74. The van der Waals surface area contributed by atoms with Crippen LogP contribution >= 0.6 is 28.3 Å². The Morgan fingerprint density at radius 1 is 1.40 bits per heavy atom. The van der Waals surface area contributed by atoms with Gasteiger partial charge in [-0.05, 0) is 29.5 Å². The number of hydrogen-bond acceptors (Lipinski definition) is 2. The van der Waals surface area contributed by atoms with Gasteiger partial charge in [-0.15, -0.1) is 12.4 Å². The van der Waals surface area contributed by atoms with E-state index < -0.39 is 0 Å². The molecule has 1 fully saturated rings. The summed E-state index contributed by atoms with van der Waals surface area (Å²) in [4.78, 5) is 14.3. The Morgan fingerprint density at radius 2 is 2.00 bits per heavy atom. The Balaban J connectivity index is 0.00000200. The number of benzene rings is 1. The van der Waals surface area contributed by atoms with Gasteiger partial charge in [-0.1, -0.05) is 41.9 Å². The number of nitrogens with zero attached hydrogens (tertiary/aromatic N) is 1. The minimum Gasteiger partial charge on any atom is -0.342 e. The maximum Gasteiger partial charge on any atom is 0.227 e. The zero-order valence-corrected chi connectivity index (χ0v) is 14.3. The summed E-state index contributed by atoms with van der Waals surface area (Å²) in [5.74, 6) is 0.197. The molecule has 1 heterocycles. The van der Waals surface area contributed by atoms with Crippen LogP contribution < -0.4 is 5.73 Å². The lowest BCUT2D eigenvalue weighted by Gasteiger charge is -2.42. The van der Waals surface area contributed by atoms with Crippen LogP contribution in [-0.4, -0.2) is 29.9 Å². The molecule has 20 heavy (non-hydrogen) atoms. The smallest absolute Gasteiger partial charge is 0.227 e. The van der Waals surface area contributed by atoms with Gasteiger partial charge in [-0.3, -0.25) is 4.79 Å². The van der Waals surface area contributed by atoms with Crippen molar-refractivity contribution >= 4 is 34.2 Å². The zero-order valence-electron chi connectivity index (χ0n) is 11.9. The van der Waals surface area contributed by atoms with E-state index in [4.69, 9.17) is 5.73 Å². The minimum atomic E-state index is 0. The van der Waals surface area contributed by atoms with E-state index in [2.05, 4.69) is 29.8 Å². The molecule has 1 atom stereocenters. The van der Waals surface area contributed by atoms with Crippen LogP contribution in [0.4, 0.5) is 0 Å². The first kappa shape index (κ1) is 17.5. The first-order valence-electron chi connectivity index (χ1n) is 6.66. The van der Waals surface area contributed by atoms with E-state index in [0.29, 0.717) is 6.42 Å². The molecule has 0 aliphatic carbocycles. The van der Waals surface area contributed by atoms with Gasteiger partial charge in [0.2, 0.25) is 5.91 Å². The second kappa shape index (κ2) is 6.92. The molecule has 0 saturated carbocycles. The van der Waals surface area contributed by atoms with Crippen molar-refractivity contribution in [3.63, 3.8) is 0 Å². The van der Waals surface area contributed by atoms with Crippen LogP contribution in [-0.2, 0) is 11.2 Å². The van der Waals surface area contributed by atoms with Gasteiger partial charge in [0.1, 0.15) is 0 Å². The van der Waals surface area contributed by atoms with Crippen LogP contribution in [0.1, 0.15) is 25.8 Å². The Hall–Kier alpha value is -0.580. The topological polar surface area (TPSA) is 46.3 Å². The Bertz CT molecular complexity index is 461. The third-order valence-electron chi connectivity index (χ3n) is 3.93. The van der Waals surface area contributed by atoms with Gasteiger partial charge in [-0.25, -0.2) is 0 Å². The second-order valence-corrected chi connectivity index (χ2v) is 6.92. The third-order valence-corrected chi connectivity index (χ3v) is 4.46. The van der Waals surface area contributed by atoms with E-state index in [1.165, 1.54) is 0 Å². The van der Waals surface area contributed by atoms with E-state index in [1.54, 1.807) is 0 Å². The van der Waals surface area contributed by atoms with E-state index in [0.717, 1.165) is 29.5 Å². The molecule has 1 aromatic rings. The molecule has 1 aliphatic rings. The molecule has 1 aliphatic heterocycles. The molecule has 0 bridgehead atoms. The maximum atomic E-state index is 12.3. The van der Waals surface area contributed by atoms with Gasteiger partial charge in [0.05, 0.1) is 6.42 Å². The minimum absolute atomic E-state index is 0. The number of hydrogen-bond donors (Lipinski definition) is 1. The number of rotatable bonds is 2. The molecule has 112 valence electrons.